The van der Waals surface area contributed by atoms with Gasteiger partial charge in [-0.15, -0.1) is 0 Å². The van der Waals surface area contributed by atoms with Crippen LogP contribution in [-0.2, 0) is 26.0 Å². The van der Waals surface area contributed by atoms with E-state index in [1.165, 1.54) is 12.1 Å². The number of rotatable bonds is 7. The summed E-state index contributed by atoms with van der Waals surface area (Å²) in [4.78, 5) is 26.1. The predicted molar refractivity (Wildman–Crippen MR) is 109 cm³/mol. The zero-order valence-corrected chi connectivity index (χ0v) is 17.7. The van der Waals surface area contributed by atoms with Gasteiger partial charge < -0.3 is 14.9 Å². The average Bonchev–Trinajstić information content (AvgIpc) is 2.67. The Morgan fingerprint density at radius 1 is 1.28 bits per heavy atom. The van der Waals surface area contributed by atoms with Crippen LogP contribution in [0.4, 0.5) is 0 Å². The van der Waals surface area contributed by atoms with Crippen molar-refractivity contribution in [1.82, 2.24) is 9.62 Å². The Kier molecular flexibility index (Phi) is 7.26. The van der Waals surface area contributed by atoms with Crippen molar-refractivity contribution in [2.24, 2.45) is 5.41 Å². The number of sulfonamides is 1. The maximum absolute atomic E-state index is 13.0. The second-order valence-electron chi connectivity index (χ2n) is 7.74. The van der Waals surface area contributed by atoms with Gasteiger partial charge in [-0.2, -0.15) is 0 Å². The molecule has 1 heterocycles. The van der Waals surface area contributed by atoms with Crippen molar-refractivity contribution in [2.75, 3.05) is 13.1 Å². The summed E-state index contributed by atoms with van der Waals surface area (Å²) in [6.45, 7) is 5.83. The minimum Gasteiger partial charge on any atom is -0.423 e. The number of nitrogens with zero attached hydrogens (tertiary/aromatic N) is 1. The molecule has 0 atom stereocenters. The lowest BCUT2D eigenvalue weighted by atomic mass is 9.75. The van der Waals surface area contributed by atoms with E-state index < -0.39 is 28.5 Å². The lowest BCUT2D eigenvalue weighted by molar-refractivity contribution is -0.140. The molecule has 10 heteroatoms. The highest BCUT2D eigenvalue weighted by molar-refractivity contribution is 7.90. The van der Waals surface area contributed by atoms with E-state index >= 15 is 0 Å². The smallest absolute Gasteiger partial charge is 0.423 e. The predicted octanol–water partition coefficient (Wildman–Crippen LogP) is 0.641. The van der Waals surface area contributed by atoms with Crippen LogP contribution in [0.3, 0.4) is 0 Å². The van der Waals surface area contributed by atoms with Crippen LogP contribution in [0.25, 0.3) is 0 Å². The van der Waals surface area contributed by atoms with E-state index in [2.05, 4.69) is 0 Å². The lowest BCUT2D eigenvalue weighted by Gasteiger charge is -2.34. The first-order valence-electron chi connectivity index (χ1n) is 9.45. The van der Waals surface area contributed by atoms with Gasteiger partial charge in [-0.1, -0.05) is 39.0 Å². The largest absolute Gasteiger partial charge is 0.483 e. The van der Waals surface area contributed by atoms with Crippen molar-refractivity contribution in [3.8, 4) is 0 Å². The zero-order chi connectivity index (χ0) is 21.8. The minimum absolute atomic E-state index is 0.0254. The Morgan fingerprint density at radius 3 is 2.52 bits per heavy atom. The highest BCUT2D eigenvalue weighted by Gasteiger charge is 2.34. The van der Waals surface area contributed by atoms with Crippen LogP contribution in [0.1, 0.15) is 39.2 Å². The van der Waals surface area contributed by atoms with Crippen molar-refractivity contribution in [3.63, 3.8) is 0 Å². The topological polar surface area (TPSA) is 124 Å². The fraction of sp³-hybridized carbons (Fsp3) is 0.474. The van der Waals surface area contributed by atoms with Crippen LogP contribution in [0.5, 0.6) is 0 Å². The Labute approximate surface area is 171 Å². The number of nitrogens with one attached hydrogen (secondary N) is 1. The molecule has 3 N–H and O–H groups in total. The zero-order valence-electron chi connectivity index (χ0n) is 16.9. The number of carbonyl (C=O) groups is 2. The second kappa shape index (κ2) is 9.10. The van der Waals surface area contributed by atoms with Gasteiger partial charge in [0.25, 0.3) is 10.0 Å². The molecule has 1 aromatic carbocycles. The summed E-state index contributed by atoms with van der Waals surface area (Å²) in [5.41, 5.74) is 0.367. The van der Waals surface area contributed by atoms with Gasteiger partial charge in [-0.05, 0) is 36.0 Å². The summed E-state index contributed by atoms with van der Waals surface area (Å²) in [6, 6.07) is 6.20. The molecule has 0 saturated heterocycles. The van der Waals surface area contributed by atoms with E-state index in [0.717, 1.165) is 0 Å². The monoisotopic (exact) mass is 422 g/mol. The van der Waals surface area contributed by atoms with E-state index in [9.17, 15) is 28.1 Å². The highest BCUT2D eigenvalue weighted by atomic mass is 32.2. The molecule has 1 aliphatic heterocycles. The third-order valence-corrected chi connectivity index (χ3v) is 6.24. The van der Waals surface area contributed by atoms with Crippen LogP contribution in [0, 0.1) is 5.41 Å². The molecule has 0 unspecified atom stereocenters. The molecule has 0 bridgehead atoms. The van der Waals surface area contributed by atoms with Crippen LogP contribution in [0.15, 0.2) is 40.7 Å². The fourth-order valence-electron chi connectivity index (χ4n) is 3.22. The van der Waals surface area contributed by atoms with E-state index in [1.54, 1.807) is 43.9 Å². The number of amides is 2. The third-order valence-electron chi connectivity index (χ3n) is 4.87. The molecule has 158 valence electrons. The van der Waals surface area contributed by atoms with Gasteiger partial charge in [-0.3, -0.25) is 9.59 Å². The van der Waals surface area contributed by atoms with E-state index in [0.29, 0.717) is 37.0 Å². The number of carbonyl (C=O) groups excluding carboxylic acids is 2. The maximum Gasteiger partial charge on any atom is 0.483 e. The van der Waals surface area contributed by atoms with Crippen molar-refractivity contribution in [3.05, 3.63) is 41.4 Å². The van der Waals surface area contributed by atoms with Crippen molar-refractivity contribution < 1.29 is 28.1 Å². The van der Waals surface area contributed by atoms with Gasteiger partial charge in [-0.25, -0.2) is 13.1 Å². The first kappa shape index (κ1) is 23.1. The second-order valence-corrected chi connectivity index (χ2v) is 9.43. The molecular formula is C19H27BN2O6S. The standard InChI is InChI=1S/C19H27BN2O6S/c1-4-17(23)21-29(27,28)16-7-5-6-14(12-16)13-19(2,3)18(24)22-10-8-15(9-11-22)20(25)26/h5-8,12,25-26H,4,9-11,13H2,1-3H3,(H,21,23). The van der Waals surface area contributed by atoms with Gasteiger partial charge in [0.05, 0.1) is 4.90 Å². The number of hydrogen-bond donors (Lipinski definition) is 3. The van der Waals surface area contributed by atoms with Crippen LogP contribution >= 0.6 is 0 Å². The van der Waals surface area contributed by atoms with Gasteiger partial charge >= 0.3 is 7.12 Å². The summed E-state index contributed by atoms with van der Waals surface area (Å²) in [7, 11) is -5.46. The number of hydrogen-bond acceptors (Lipinski definition) is 6. The Hall–Kier alpha value is -2.17. The molecule has 0 fully saturated rings. The molecule has 0 aromatic heterocycles. The normalized spacial score (nSPS) is 14.9. The summed E-state index contributed by atoms with van der Waals surface area (Å²) in [5, 5.41) is 18.5. The van der Waals surface area contributed by atoms with Gasteiger partial charge in [0, 0.05) is 24.9 Å². The third kappa shape index (κ3) is 5.91. The molecular weight excluding hydrogens is 395 g/mol. The Morgan fingerprint density at radius 2 is 1.97 bits per heavy atom. The van der Waals surface area contributed by atoms with Crippen molar-refractivity contribution >= 4 is 29.0 Å². The molecule has 2 amide bonds. The molecule has 8 nitrogen and oxygen atoms in total. The highest BCUT2D eigenvalue weighted by Crippen LogP contribution is 2.27. The van der Waals surface area contributed by atoms with E-state index in [1.807, 2.05) is 4.72 Å². The van der Waals surface area contributed by atoms with Crippen molar-refractivity contribution in [2.45, 2.75) is 44.9 Å². The lowest BCUT2D eigenvalue weighted by Crippen LogP contribution is -2.45. The minimum atomic E-state index is -3.95. The number of benzene rings is 1. The molecule has 29 heavy (non-hydrogen) atoms. The van der Waals surface area contributed by atoms with Gasteiger partial charge in [0.1, 0.15) is 0 Å². The summed E-state index contributed by atoms with van der Waals surface area (Å²) in [6.07, 6.45) is 2.41. The first-order valence-corrected chi connectivity index (χ1v) is 10.9. The average molecular weight is 422 g/mol. The summed E-state index contributed by atoms with van der Waals surface area (Å²) >= 11 is 0. The van der Waals surface area contributed by atoms with E-state index in [-0.39, 0.29) is 17.2 Å². The van der Waals surface area contributed by atoms with Crippen LogP contribution < -0.4 is 4.72 Å². The Bertz CT molecular complexity index is 911. The summed E-state index contributed by atoms with van der Waals surface area (Å²) < 4.78 is 26.7. The summed E-state index contributed by atoms with van der Waals surface area (Å²) in [5.74, 6) is -0.691. The fourth-order valence-corrected chi connectivity index (χ4v) is 4.35. The van der Waals surface area contributed by atoms with Gasteiger partial charge in [0.15, 0.2) is 0 Å². The molecule has 0 spiro atoms. The molecule has 1 aliphatic rings. The SMILES string of the molecule is CCC(=O)NS(=O)(=O)c1cccc(CC(C)(C)C(=O)N2CC=C(B(O)O)CC2)c1. The molecule has 0 radical (unpaired) electrons. The molecule has 0 aliphatic carbocycles. The maximum atomic E-state index is 13.0. The Balaban J connectivity index is 2.14. The molecule has 2 rings (SSSR count). The van der Waals surface area contributed by atoms with Gasteiger partial charge in [0.2, 0.25) is 11.8 Å². The molecule has 0 saturated carbocycles. The first-order chi connectivity index (χ1) is 13.5. The van der Waals surface area contributed by atoms with E-state index in [4.69, 9.17) is 0 Å². The van der Waals surface area contributed by atoms with Crippen molar-refractivity contribution in [1.29, 1.82) is 0 Å². The molecule has 1 aromatic rings. The quantitative estimate of drug-likeness (QED) is 0.554. The van der Waals surface area contributed by atoms with Crippen LogP contribution in [-0.4, -0.2) is 55.4 Å². The van der Waals surface area contributed by atoms with Crippen LogP contribution in [0.2, 0.25) is 0 Å².